The summed E-state index contributed by atoms with van der Waals surface area (Å²) in [5.74, 6) is 0.394. The lowest BCUT2D eigenvalue weighted by Crippen LogP contribution is -2.09. The molecule has 0 saturated heterocycles. The predicted octanol–water partition coefficient (Wildman–Crippen LogP) is 2.92. The molecule has 64 valence electrons. The fourth-order valence-corrected chi connectivity index (χ4v) is 1.07. The van der Waals surface area contributed by atoms with Crippen molar-refractivity contribution in [2.24, 2.45) is 5.92 Å². The molecule has 0 spiro atoms. The van der Waals surface area contributed by atoms with Crippen molar-refractivity contribution in [3.05, 3.63) is 35.9 Å². The molecule has 0 bridgehead atoms. The highest BCUT2D eigenvalue weighted by Crippen LogP contribution is 2.10. The maximum Gasteiger partial charge on any atom is 0.165 e. The standard InChI is InChI=1S/C11H14O/c1-3-9(2)11(12)10-7-5-4-6-8-10/h4-9H,3H2,1-2H3/t9-/m0/s1. The van der Waals surface area contributed by atoms with Crippen LogP contribution in [0.5, 0.6) is 0 Å². The SMILES string of the molecule is CC[C@H](C)C(=O)c1ccccc1. The number of rotatable bonds is 3. The Morgan fingerprint density at radius 1 is 1.33 bits per heavy atom. The fourth-order valence-electron chi connectivity index (χ4n) is 1.07. The molecule has 0 N–H and O–H groups in total. The van der Waals surface area contributed by atoms with Gasteiger partial charge in [0.05, 0.1) is 0 Å². The van der Waals surface area contributed by atoms with Crippen molar-refractivity contribution in [2.45, 2.75) is 20.3 Å². The van der Waals surface area contributed by atoms with Crippen molar-refractivity contribution >= 4 is 5.78 Å². The van der Waals surface area contributed by atoms with Gasteiger partial charge in [0.25, 0.3) is 0 Å². The first-order valence-electron chi connectivity index (χ1n) is 4.35. The van der Waals surface area contributed by atoms with E-state index in [-0.39, 0.29) is 11.7 Å². The third-order valence-corrected chi connectivity index (χ3v) is 2.12. The Labute approximate surface area is 73.4 Å². The van der Waals surface area contributed by atoms with Crippen LogP contribution in [0.3, 0.4) is 0 Å². The Bertz CT molecular complexity index is 251. The van der Waals surface area contributed by atoms with E-state index >= 15 is 0 Å². The molecule has 0 heterocycles. The highest BCUT2D eigenvalue weighted by molar-refractivity contribution is 5.97. The molecule has 0 unspecified atom stereocenters. The van der Waals surface area contributed by atoms with Gasteiger partial charge in [0, 0.05) is 11.5 Å². The minimum atomic E-state index is 0.146. The van der Waals surface area contributed by atoms with Crippen LogP contribution in [0.1, 0.15) is 30.6 Å². The van der Waals surface area contributed by atoms with Gasteiger partial charge in [0.2, 0.25) is 0 Å². The monoisotopic (exact) mass is 162 g/mol. The van der Waals surface area contributed by atoms with Gasteiger partial charge < -0.3 is 0 Å². The summed E-state index contributed by atoms with van der Waals surface area (Å²) in [6, 6.07) is 9.46. The van der Waals surface area contributed by atoms with Crippen LogP contribution in [-0.2, 0) is 0 Å². The first-order chi connectivity index (χ1) is 5.75. The van der Waals surface area contributed by atoms with Crippen molar-refractivity contribution < 1.29 is 4.79 Å². The van der Waals surface area contributed by atoms with Crippen molar-refractivity contribution in [3.8, 4) is 0 Å². The number of hydrogen-bond donors (Lipinski definition) is 0. The zero-order valence-corrected chi connectivity index (χ0v) is 7.58. The first-order valence-corrected chi connectivity index (χ1v) is 4.35. The second-order valence-corrected chi connectivity index (χ2v) is 3.04. The maximum atomic E-state index is 11.6. The normalized spacial score (nSPS) is 12.5. The molecular weight excluding hydrogens is 148 g/mol. The number of hydrogen-bond acceptors (Lipinski definition) is 1. The Kier molecular flexibility index (Phi) is 3.03. The number of benzene rings is 1. The molecule has 0 aliphatic heterocycles. The van der Waals surface area contributed by atoms with Crippen LogP contribution >= 0.6 is 0 Å². The van der Waals surface area contributed by atoms with E-state index in [2.05, 4.69) is 0 Å². The lowest BCUT2D eigenvalue weighted by Gasteiger charge is -2.06. The predicted molar refractivity (Wildman–Crippen MR) is 50.2 cm³/mol. The summed E-state index contributed by atoms with van der Waals surface area (Å²) in [7, 11) is 0. The Balaban J connectivity index is 2.79. The topological polar surface area (TPSA) is 17.1 Å². The molecular formula is C11H14O. The van der Waals surface area contributed by atoms with Gasteiger partial charge in [-0.05, 0) is 6.42 Å². The van der Waals surface area contributed by atoms with Crippen LogP contribution < -0.4 is 0 Å². The smallest absolute Gasteiger partial charge is 0.165 e. The number of ketones is 1. The molecule has 0 aliphatic carbocycles. The van der Waals surface area contributed by atoms with E-state index in [4.69, 9.17) is 0 Å². The van der Waals surface area contributed by atoms with E-state index in [1.807, 2.05) is 44.2 Å². The summed E-state index contributed by atoms with van der Waals surface area (Å²) in [5, 5.41) is 0. The molecule has 0 aromatic heterocycles. The van der Waals surface area contributed by atoms with E-state index < -0.39 is 0 Å². The van der Waals surface area contributed by atoms with Gasteiger partial charge >= 0.3 is 0 Å². The van der Waals surface area contributed by atoms with Crippen LogP contribution in [0.25, 0.3) is 0 Å². The van der Waals surface area contributed by atoms with Crippen LogP contribution in [0, 0.1) is 5.92 Å². The van der Waals surface area contributed by atoms with Gasteiger partial charge in [-0.3, -0.25) is 4.79 Å². The number of carbonyl (C=O) groups is 1. The summed E-state index contributed by atoms with van der Waals surface area (Å²) in [6.45, 7) is 4.00. The molecule has 1 heteroatoms. The quantitative estimate of drug-likeness (QED) is 0.624. The molecule has 0 saturated carbocycles. The van der Waals surface area contributed by atoms with Crippen molar-refractivity contribution in [1.29, 1.82) is 0 Å². The van der Waals surface area contributed by atoms with E-state index in [9.17, 15) is 4.79 Å². The molecule has 1 aromatic carbocycles. The summed E-state index contributed by atoms with van der Waals surface area (Å²) in [5.41, 5.74) is 0.826. The van der Waals surface area contributed by atoms with Gasteiger partial charge in [-0.1, -0.05) is 44.2 Å². The van der Waals surface area contributed by atoms with Gasteiger partial charge in [-0.25, -0.2) is 0 Å². The van der Waals surface area contributed by atoms with E-state index in [1.165, 1.54) is 0 Å². The summed E-state index contributed by atoms with van der Waals surface area (Å²) < 4.78 is 0. The molecule has 0 aliphatic rings. The van der Waals surface area contributed by atoms with Crippen molar-refractivity contribution in [1.82, 2.24) is 0 Å². The van der Waals surface area contributed by atoms with Crippen molar-refractivity contribution in [2.75, 3.05) is 0 Å². The second-order valence-electron chi connectivity index (χ2n) is 3.04. The Hall–Kier alpha value is -1.11. The molecule has 1 nitrogen and oxygen atoms in total. The minimum absolute atomic E-state index is 0.146. The average Bonchev–Trinajstić information content (AvgIpc) is 2.17. The fraction of sp³-hybridized carbons (Fsp3) is 0.364. The van der Waals surface area contributed by atoms with Gasteiger partial charge in [0.15, 0.2) is 5.78 Å². The number of Topliss-reactive ketones (excluding diaryl/α,β-unsaturated/α-hetero) is 1. The first kappa shape index (κ1) is 8.98. The summed E-state index contributed by atoms with van der Waals surface area (Å²) in [6.07, 6.45) is 0.910. The summed E-state index contributed by atoms with van der Waals surface area (Å²) in [4.78, 5) is 11.6. The molecule has 1 rings (SSSR count). The third-order valence-electron chi connectivity index (χ3n) is 2.12. The van der Waals surface area contributed by atoms with Crippen LogP contribution in [-0.4, -0.2) is 5.78 Å². The molecule has 12 heavy (non-hydrogen) atoms. The van der Waals surface area contributed by atoms with Gasteiger partial charge in [-0.2, -0.15) is 0 Å². The Morgan fingerprint density at radius 2 is 1.92 bits per heavy atom. The van der Waals surface area contributed by atoms with Gasteiger partial charge in [-0.15, -0.1) is 0 Å². The number of carbonyl (C=O) groups excluding carboxylic acids is 1. The Morgan fingerprint density at radius 3 is 2.42 bits per heavy atom. The zero-order valence-electron chi connectivity index (χ0n) is 7.58. The van der Waals surface area contributed by atoms with Crippen molar-refractivity contribution in [3.63, 3.8) is 0 Å². The highest BCUT2D eigenvalue weighted by Gasteiger charge is 2.11. The van der Waals surface area contributed by atoms with Gasteiger partial charge in [0.1, 0.15) is 0 Å². The van der Waals surface area contributed by atoms with Crippen LogP contribution in [0.15, 0.2) is 30.3 Å². The molecule has 1 aromatic rings. The molecule has 0 radical (unpaired) electrons. The van der Waals surface area contributed by atoms with E-state index in [1.54, 1.807) is 0 Å². The third kappa shape index (κ3) is 1.94. The molecule has 0 fully saturated rings. The molecule has 1 atom stereocenters. The molecule has 0 amide bonds. The zero-order chi connectivity index (χ0) is 8.97. The summed E-state index contributed by atoms with van der Waals surface area (Å²) >= 11 is 0. The highest BCUT2D eigenvalue weighted by atomic mass is 16.1. The lowest BCUT2D eigenvalue weighted by atomic mass is 9.97. The van der Waals surface area contributed by atoms with E-state index in [0.29, 0.717) is 0 Å². The van der Waals surface area contributed by atoms with E-state index in [0.717, 1.165) is 12.0 Å². The largest absolute Gasteiger partial charge is 0.294 e. The lowest BCUT2D eigenvalue weighted by molar-refractivity contribution is 0.0927. The van der Waals surface area contributed by atoms with Crippen LogP contribution in [0.4, 0.5) is 0 Å². The average molecular weight is 162 g/mol. The van der Waals surface area contributed by atoms with Crippen LogP contribution in [0.2, 0.25) is 0 Å². The second kappa shape index (κ2) is 4.05. The maximum absolute atomic E-state index is 11.6. The minimum Gasteiger partial charge on any atom is -0.294 e.